The normalized spacial score (nSPS) is 16.2. The van der Waals surface area contributed by atoms with Crippen molar-refractivity contribution in [1.29, 1.82) is 0 Å². The molecular formula is C36H56FN3O6. The number of aromatic nitrogens is 1. The first-order valence-electron chi connectivity index (χ1n) is 17.6. The first-order valence-corrected chi connectivity index (χ1v) is 17.6. The Labute approximate surface area is 273 Å². The summed E-state index contributed by atoms with van der Waals surface area (Å²) in [7, 11) is 2.02. The first-order chi connectivity index (χ1) is 22.1. The third-order valence-electron chi connectivity index (χ3n) is 9.19. The van der Waals surface area contributed by atoms with Crippen LogP contribution in [0.1, 0.15) is 133 Å². The number of piperazine rings is 1. The largest absolute Gasteiger partial charge is 0.487 e. The van der Waals surface area contributed by atoms with Gasteiger partial charge in [-0.1, -0.05) is 96.8 Å². The van der Waals surface area contributed by atoms with Crippen LogP contribution < -0.4 is 15.1 Å². The minimum absolute atomic E-state index is 0.0434. The predicted molar refractivity (Wildman–Crippen MR) is 182 cm³/mol. The summed E-state index contributed by atoms with van der Waals surface area (Å²) < 4.78 is 22.6. The van der Waals surface area contributed by atoms with E-state index in [0.717, 1.165) is 32.0 Å². The molecule has 2 aliphatic rings. The molecule has 0 aliphatic carbocycles. The Morgan fingerprint density at radius 1 is 0.870 bits per heavy atom. The summed E-state index contributed by atoms with van der Waals surface area (Å²) >= 11 is 0. The number of pyridine rings is 1. The van der Waals surface area contributed by atoms with Crippen molar-refractivity contribution in [2.24, 2.45) is 0 Å². The zero-order chi connectivity index (χ0) is 33.5. The number of rotatable bonds is 18. The van der Waals surface area contributed by atoms with E-state index < -0.39 is 23.2 Å². The van der Waals surface area contributed by atoms with Gasteiger partial charge in [-0.25, -0.2) is 9.18 Å². The Morgan fingerprint density at radius 2 is 1.39 bits per heavy atom. The van der Waals surface area contributed by atoms with E-state index in [1.165, 1.54) is 89.7 Å². The molecule has 4 rings (SSSR count). The molecule has 2 N–H and O–H groups in total. The van der Waals surface area contributed by atoms with Crippen molar-refractivity contribution in [3.8, 4) is 5.75 Å². The molecule has 2 aliphatic heterocycles. The van der Waals surface area contributed by atoms with Gasteiger partial charge in [0.15, 0.2) is 11.6 Å². The van der Waals surface area contributed by atoms with Gasteiger partial charge in [0, 0.05) is 38.8 Å². The lowest BCUT2D eigenvalue weighted by Crippen LogP contribution is -2.45. The molecule has 0 saturated carbocycles. The number of carboxylic acid groups (broad SMARTS) is 2. The molecule has 0 unspecified atom stereocenters. The zero-order valence-corrected chi connectivity index (χ0v) is 28.3. The average molecular weight is 646 g/mol. The quantitative estimate of drug-likeness (QED) is 0.158. The third-order valence-corrected chi connectivity index (χ3v) is 9.19. The van der Waals surface area contributed by atoms with Gasteiger partial charge in [0.1, 0.15) is 17.9 Å². The predicted octanol–water partition coefficient (Wildman–Crippen LogP) is 7.88. The number of unbranched alkanes of at least 4 members (excludes halogenated alkanes) is 14. The lowest BCUT2D eigenvalue weighted by atomic mass is 10.0. The molecule has 3 heterocycles. The van der Waals surface area contributed by atoms with Crippen molar-refractivity contribution >= 4 is 28.5 Å². The van der Waals surface area contributed by atoms with Crippen LogP contribution in [0.25, 0.3) is 10.9 Å². The van der Waals surface area contributed by atoms with Crippen LogP contribution in [0.15, 0.2) is 17.1 Å². The van der Waals surface area contributed by atoms with Gasteiger partial charge in [-0.05, 0) is 26.5 Å². The van der Waals surface area contributed by atoms with E-state index in [0.29, 0.717) is 36.5 Å². The molecule has 0 radical (unpaired) electrons. The van der Waals surface area contributed by atoms with Gasteiger partial charge < -0.3 is 29.3 Å². The van der Waals surface area contributed by atoms with Crippen LogP contribution in [0, 0.1) is 5.82 Å². The smallest absolute Gasteiger partial charge is 0.341 e. The van der Waals surface area contributed by atoms with Gasteiger partial charge in [-0.15, -0.1) is 0 Å². The van der Waals surface area contributed by atoms with Gasteiger partial charge in [-0.2, -0.15) is 0 Å². The molecular weight excluding hydrogens is 589 g/mol. The van der Waals surface area contributed by atoms with E-state index in [1.54, 1.807) is 4.57 Å². The van der Waals surface area contributed by atoms with Crippen molar-refractivity contribution in [1.82, 2.24) is 9.47 Å². The fourth-order valence-corrected chi connectivity index (χ4v) is 6.34. The molecule has 258 valence electrons. The second-order valence-corrected chi connectivity index (χ2v) is 13.1. The Kier molecular flexibility index (Phi) is 15.8. The zero-order valence-electron chi connectivity index (χ0n) is 28.3. The highest BCUT2D eigenvalue weighted by Crippen LogP contribution is 2.42. The Bertz CT molecular complexity index is 1320. The third kappa shape index (κ3) is 11.0. The number of hydrogen-bond acceptors (Lipinski definition) is 6. The highest BCUT2D eigenvalue weighted by molar-refractivity contribution is 5.97. The molecule has 1 saturated heterocycles. The highest BCUT2D eigenvalue weighted by atomic mass is 19.1. The van der Waals surface area contributed by atoms with Gasteiger partial charge in [-0.3, -0.25) is 9.59 Å². The van der Waals surface area contributed by atoms with Gasteiger partial charge in [0.25, 0.3) is 0 Å². The van der Waals surface area contributed by atoms with Gasteiger partial charge in [0.05, 0.1) is 16.9 Å². The Morgan fingerprint density at radius 3 is 1.89 bits per heavy atom. The van der Waals surface area contributed by atoms with E-state index in [1.807, 2.05) is 18.9 Å². The number of benzene rings is 1. The molecule has 1 atom stereocenters. The summed E-state index contributed by atoms with van der Waals surface area (Å²) in [5.41, 5.74) is -0.224. The molecule has 0 amide bonds. The number of ether oxygens (including phenoxy) is 1. The van der Waals surface area contributed by atoms with E-state index in [4.69, 9.17) is 9.84 Å². The van der Waals surface area contributed by atoms with E-state index >= 15 is 0 Å². The minimum Gasteiger partial charge on any atom is -0.487 e. The number of carboxylic acids is 2. The Balaban J connectivity index is 0.000000262. The summed E-state index contributed by atoms with van der Waals surface area (Å²) in [6.45, 7) is 7.35. The van der Waals surface area contributed by atoms with Gasteiger partial charge in [0.2, 0.25) is 5.43 Å². The van der Waals surface area contributed by atoms with E-state index in [9.17, 15) is 23.9 Å². The van der Waals surface area contributed by atoms with Crippen LogP contribution in [-0.2, 0) is 4.79 Å². The van der Waals surface area contributed by atoms with Crippen molar-refractivity contribution in [2.75, 3.05) is 44.7 Å². The van der Waals surface area contributed by atoms with Crippen LogP contribution in [0.4, 0.5) is 10.1 Å². The summed E-state index contributed by atoms with van der Waals surface area (Å²) in [5, 5.41) is 17.9. The molecule has 10 heteroatoms. The maximum absolute atomic E-state index is 15.0. The molecule has 0 spiro atoms. The molecule has 1 aromatic carbocycles. The molecule has 46 heavy (non-hydrogen) atoms. The maximum Gasteiger partial charge on any atom is 0.341 e. The van der Waals surface area contributed by atoms with E-state index in [2.05, 4.69) is 11.8 Å². The summed E-state index contributed by atoms with van der Waals surface area (Å²) in [6.07, 6.45) is 21.5. The number of aromatic carboxylic acids is 1. The van der Waals surface area contributed by atoms with E-state index in [-0.39, 0.29) is 23.6 Å². The molecule has 1 aromatic heterocycles. The summed E-state index contributed by atoms with van der Waals surface area (Å²) in [4.78, 5) is 38.4. The minimum atomic E-state index is -1.32. The second kappa shape index (κ2) is 19.5. The topological polar surface area (TPSA) is 112 Å². The second-order valence-electron chi connectivity index (χ2n) is 13.1. The maximum atomic E-state index is 15.0. The molecule has 0 bridgehead atoms. The number of hydrogen-bond donors (Lipinski definition) is 2. The Hall–Kier alpha value is -3.14. The molecule has 9 nitrogen and oxygen atoms in total. The van der Waals surface area contributed by atoms with Crippen molar-refractivity contribution in [3.05, 3.63) is 33.9 Å². The summed E-state index contributed by atoms with van der Waals surface area (Å²) in [6, 6.07) is 0.994. The van der Waals surface area contributed by atoms with Crippen molar-refractivity contribution in [3.63, 3.8) is 0 Å². The van der Waals surface area contributed by atoms with Gasteiger partial charge >= 0.3 is 11.9 Å². The standard InChI is InChI=1S/C18H20FN3O4.C18H36O2/c1-10-9-26-17-14-11(16(23)12(18(24)25)8-22(10)14)7-13(19)15(17)21-5-3-20(2)4-6-21;1-2-3-4-5-6-7-8-9-10-11-12-13-14-15-16-17-18(19)20/h7-8,10H,3-6,9H2,1-2H3,(H,24,25);2-17H2,1H3,(H,19,20)/t10-;/m0./s1. The number of carbonyl (C=O) groups is 2. The summed E-state index contributed by atoms with van der Waals surface area (Å²) in [5.74, 6) is -2.20. The fourth-order valence-electron chi connectivity index (χ4n) is 6.34. The van der Waals surface area contributed by atoms with Crippen molar-refractivity contribution in [2.45, 2.75) is 123 Å². The van der Waals surface area contributed by atoms with Crippen LogP contribution in [0.2, 0.25) is 0 Å². The number of nitrogens with zero attached hydrogens (tertiary/aromatic N) is 3. The van der Waals surface area contributed by atoms with Crippen LogP contribution >= 0.6 is 0 Å². The lowest BCUT2D eigenvalue weighted by Gasteiger charge is -2.37. The van der Waals surface area contributed by atoms with Crippen LogP contribution in [0.3, 0.4) is 0 Å². The molecule has 1 fully saturated rings. The van der Waals surface area contributed by atoms with Crippen LogP contribution in [-0.4, -0.2) is 71.5 Å². The molecule has 2 aromatic rings. The number of anilines is 1. The lowest BCUT2D eigenvalue weighted by molar-refractivity contribution is -0.137. The highest BCUT2D eigenvalue weighted by Gasteiger charge is 2.31. The van der Waals surface area contributed by atoms with Crippen LogP contribution in [0.5, 0.6) is 5.75 Å². The fraction of sp³-hybridized carbons (Fsp3) is 0.694. The van der Waals surface area contributed by atoms with Crippen molar-refractivity contribution < 1.29 is 28.9 Å². The SMILES string of the molecule is CCCCCCCCCCCCCCCCCC(=O)O.C[C@H]1COc2c(N3CCN(C)CC3)c(F)cc3c(=O)c(C(=O)O)cn1c23. The first kappa shape index (κ1) is 37.3. The monoisotopic (exact) mass is 645 g/mol. The number of halogens is 1. The number of aliphatic carboxylic acids is 1. The number of likely N-dealkylation sites (N-methyl/N-ethyl adjacent to an activating group) is 1. The average Bonchev–Trinajstić information content (AvgIpc) is 3.02.